The number of benzene rings is 1. The normalized spacial score (nSPS) is 13.0. The molecule has 2 N–H and O–H groups in total. The lowest BCUT2D eigenvalue weighted by molar-refractivity contribution is -0.138. The van der Waals surface area contributed by atoms with Gasteiger partial charge in [-0.1, -0.05) is 18.2 Å². The monoisotopic (exact) mass is 329 g/mol. The van der Waals surface area contributed by atoms with E-state index in [2.05, 4.69) is 4.72 Å². The van der Waals surface area contributed by atoms with Crippen LogP contribution in [0.5, 0.6) is 0 Å². The van der Waals surface area contributed by atoms with Gasteiger partial charge in [0, 0.05) is 0 Å². The van der Waals surface area contributed by atoms with Crippen LogP contribution in [0.4, 0.5) is 4.39 Å². The minimum atomic E-state index is -3.88. The van der Waals surface area contributed by atoms with Crippen molar-refractivity contribution in [1.29, 1.82) is 0 Å². The molecule has 0 aliphatic carbocycles. The summed E-state index contributed by atoms with van der Waals surface area (Å²) in [4.78, 5) is 11.2. The number of carboxylic acids is 1. The van der Waals surface area contributed by atoms with Gasteiger partial charge in [-0.25, -0.2) is 12.8 Å². The van der Waals surface area contributed by atoms with Crippen LogP contribution >= 0.6 is 11.3 Å². The van der Waals surface area contributed by atoms with Crippen LogP contribution in [0, 0.1) is 5.82 Å². The van der Waals surface area contributed by atoms with Crippen LogP contribution in [0.3, 0.4) is 0 Å². The summed E-state index contributed by atoms with van der Waals surface area (Å²) in [5.41, 5.74) is 0.526. The number of rotatable bonds is 6. The maximum atomic E-state index is 12.8. The van der Waals surface area contributed by atoms with Crippen LogP contribution in [0.1, 0.15) is 5.56 Å². The number of aliphatic carboxylic acids is 1. The van der Waals surface area contributed by atoms with Gasteiger partial charge >= 0.3 is 5.97 Å². The Morgan fingerprint density at radius 1 is 1.29 bits per heavy atom. The molecule has 1 heterocycles. The molecule has 0 spiro atoms. The van der Waals surface area contributed by atoms with Gasteiger partial charge in [0.25, 0.3) is 10.0 Å². The first-order chi connectivity index (χ1) is 9.88. The standard InChI is InChI=1S/C13H12FNO4S2/c14-10-5-3-9(4-6-10)8-11(13(16)17)15-21(18,19)12-2-1-7-20-12/h1-7,11,15H,8H2,(H,16,17)/t11-/m0/s1. The van der Waals surface area contributed by atoms with Crippen molar-refractivity contribution in [2.75, 3.05) is 0 Å². The average Bonchev–Trinajstić information content (AvgIpc) is 2.95. The molecule has 21 heavy (non-hydrogen) atoms. The molecule has 0 unspecified atom stereocenters. The van der Waals surface area contributed by atoms with Crippen LogP contribution in [0.25, 0.3) is 0 Å². The van der Waals surface area contributed by atoms with Gasteiger partial charge in [0.1, 0.15) is 16.1 Å². The Bertz CT molecular complexity index is 711. The molecule has 0 amide bonds. The van der Waals surface area contributed by atoms with Gasteiger partial charge in [-0.3, -0.25) is 4.79 Å². The minimum Gasteiger partial charge on any atom is -0.480 e. The number of thiophene rings is 1. The van der Waals surface area contributed by atoms with E-state index in [4.69, 9.17) is 5.11 Å². The smallest absolute Gasteiger partial charge is 0.322 e. The highest BCUT2D eigenvalue weighted by atomic mass is 32.2. The third kappa shape index (κ3) is 4.10. The molecule has 2 rings (SSSR count). The molecule has 0 saturated carbocycles. The molecule has 112 valence electrons. The lowest BCUT2D eigenvalue weighted by Gasteiger charge is -2.14. The zero-order valence-electron chi connectivity index (χ0n) is 10.7. The fourth-order valence-electron chi connectivity index (χ4n) is 1.70. The Labute approximate surface area is 125 Å². The highest BCUT2D eigenvalue weighted by Gasteiger charge is 2.26. The Hall–Kier alpha value is -1.77. The number of nitrogens with one attached hydrogen (secondary N) is 1. The Kier molecular flexibility index (Phi) is 4.71. The number of halogens is 1. The van der Waals surface area contributed by atoms with E-state index in [9.17, 15) is 17.6 Å². The molecule has 0 saturated heterocycles. The average molecular weight is 329 g/mol. The topological polar surface area (TPSA) is 83.5 Å². The number of carbonyl (C=O) groups is 1. The van der Waals surface area contributed by atoms with Gasteiger partial charge < -0.3 is 5.11 Å². The van der Waals surface area contributed by atoms with Gasteiger partial charge in [-0.2, -0.15) is 4.72 Å². The number of hydrogen-bond acceptors (Lipinski definition) is 4. The number of hydrogen-bond donors (Lipinski definition) is 2. The van der Waals surface area contributed by atoms with E-state index in [1.54, 1.807) is 11.4 Å². The zero-order chi connectivity index (χ0) is 15.5. The summed E-state index contributed by atoms with van der Waals surface area (Å²) in [7, 11) is -3.88. The molecule has 1 aromatic heterocycles. The summed E-state index contributed by atoms with van der Waals surface area (Å²) in [6, 6.07) is 6.88. The summed E-state index contributed by atoms with van der Waals surface area (Å²) in [6.07, 6.45) is -0.0692. The molecule has 0 bridgehead atoms. The van der Waals surface area contributed by atoms with Crippen molar-refractivity contribution in [2.45, 2.75) is 16.7 Å². The summed E-state index contributed by atoms with van der Waals surface area (Å²) in [6.45, 7) is 0. The summed E-state index contributed by atoms with van der Waals surface area (Å²) >= 11 is 0.999. The predicted molar refractivity (Wildman–Crippen MR) is 76.2 cm³/mol. The first kappa shape index (κ1) is 15.6. The first-order valence-electron chi connectivity index (χ1n) is 5.91. The number of sulfonamides is 1. The Morgan fingerprint density at radius 2 is 1.95 bits per heavy atom. The van der Waals surface area contributed by atoms with Crippen LogP contribution in [0.15, 0.2) is 46.0 Å². The third-order valence-corrected chi connectivity index (χ3v) is 5.58. The van der Waals surface area contributed by atoms with Gasteiger partial charge in [0.05, 0.1) is 0 Å². The van der Waals surface area contributed by atoms with E-state index >= 15 is 0 Å². The van der Waals surface area contributed by atoms with Crippen molar-refractivity contribution in [1.82, 2.24) is 4.72 Å². The fourth-order valence-corrected chi connectivity index (χ4v) is 3.90. The summed E-state index contributed by atoms with van der Waals surface area (Å²) in [5.74, 6) is -1.73. The SMILES string of the molecule is O=C(O)[C@H](Cc1ccc(F)cc1)NS(=O)(=O)c1cccs1. The molecule has 0 radical (unpaired) electrons. The molecule has 2 aromatic rings. The molecule has 1 atom stereocenters. The van der Waals surface area contributed by atoms with E-state index in [0.717, 1.165) is 11.3 Å². The Balaban J connectivity index is 2.17. The van der Waals surface area contributed by atoms with Crippen molar-refractivity contribution < 1.29 is 22.7 Å². The van der Waals surface area contributed by atoms with Gasteiger partial charge in [0.15, 0.2) is 0 Å². The lowest BCUT2D eigenvalue weighted by atomic mass is 10.1. The highest BCUT2D eigenvalue weighted by Crippen LogP contribution is 2.16. The van der Waals surface area contributed by atoms with Crippen molar-refractivity contribution in [3.63, 3.8) is 0 Å². The van der Waals surface area contributed by atoms with Crippen LogP contribution < -0.4 is 4.72 Å². The molecule has 0 aliphatic heterocycles. The second-order valence-corrected chi connectivity index (χ2v) is 7.16. The zero-order valence-corrected chi connectivity index (χ0v) is 12.3. The lowest BCUT2D eigenvalue weighted by Crippen LogP contribution is -2.42. The summed E-state index contributed by atoms with van der Waals surface area (Å²) < 4.78 is 39.1. The van der Waals surface area contributed by atoms with Crippen molar-refractivity contribution in [3.05, 3.63) is 53.2 Å². The van der Waals surface area contributed by atoms with Gasteiger partial charge in [0.2, 0.25) is 0 Å². The first-order valence-corrected chi connectivity index (χ1v) is 8.28. The van der Waals surface area contributed by atoms with Crippen LogP contribution in [0.2, 0.25) is 0 Å². The molecule has 0 aliphatic rings. The Morgan fingerprint density at radius 3 is 2.48 bits per heavy atom. The highest BCUT2D eigenvalue weighted by molar-refractivity contribution is 7.91. The largest absolute Gasteiger partial charge is 0.480 e. The van der Waals surface area contributed by atoms with Crippen molar-refractivity contribution in [3.8, 4) is 0 Å². The van der Waals surface area contributed by atoms with Gasteiger partial charge in [-0.15, -0.1) is 11.3 Å². The van der Waals surface area contributed by atoms with Crippen LogP contribution in [-0.2, 0) is 21.2 Å². The fraction of sp³-hybridized carbons (Fsp3) is 0.154. The molecule has 5 nitrogen and oxygen atoms in total. The van der Waals surface area contributed by atoms with Crippen molar-refractivity contribution in [2.24, 2.45) is 0 Å². The molecule has 1 aromatic carbocycles. The van der Waals surface area contributed by atoms with E-state index in [-0.39, 0.29) is 10.6 Å². The molecular weight excluding hydrogens is 317 g/mol. The second-order valence-electron chi connectivity index (χ2n) is 4.27. The molecule has 8 heteroatoms. The van der Waals surface area contributed by atoms with Crippen molar-refractivity contribution >= 4 is 27.3 Å². The van der Waals surface area contributed by atoms with E-state index in [1.807, 2.05) is 0 Å². The third-order valence-electron chi connectivity index (χ3n) is 2.71. The molecular formula is C13H12FNO4S2. The minimum absolute atomic E-state index is 0.0489. The van der Waals surface area contributed by atoms with Gasteiger partial charge in [-0.05, 0) is 35.6 Å². The summed E-state index contributed by atoms with van der Waals surface area (Å²) in [5, 5.41) is 10.7. The molecule has 0 fully saturated rings. The second kappa shape index (κ2) is 6.33. The van der Waals surface area contributed by atoms with E-state index < -0.39 is 27.9 Å². The predicted octanol–water partition coefficient (Wildman–Crippen LogP) is 1.86. The maximum absolute atomic E-state index is 12.8. The van der Waals surface area contributed by atoms with Crippen LogP contribution in [-0.4, -0.2) is 25.5 Å². The quantitative estimate of drug-likeness (QED) is 0.847. The maximum Gasteiger partial charge on any atom is 0.322 e. The van der Waals surface area contributed by atoms with E-state index in [0.29, 0.717) is 5.56 Å². The van der Waals surface area contributed by atoms with E-state index in [1.165, 1.54) is 30.3 Å². The number of carboxylic acid groups (broad SMARTS) is 1.